The number of hydrogen-bond donors (Lipinski definition) is 0. The molecule has 1 aliphatic rings. The Bertz CT molecular complexity index is 118. The van der Waals surface area contributed by atoms with Gasteiger partial charge >= 0.3 is 0 Å². The highest BCUT2D eigenvalue weighted by Gasteiger charge is 2.32. The summed E-state index contributed by atoms with van der Waals surface area (Å²) in [6, 6.07) is 7.61. The minimum atomic E-state index is -1.01. The summed E-state index contributed by atoms with van der Waals surface area (Å²) < 4.78 is 0. The summed E-state index contributed by atoms with van der Waals surface area (Å²) >= 11 is 7.69. The van der Waals surface area contributed by atoms with Crippen molar-refractivity contribution in [3.63, 3.8) is 0 Å². The van der Waals surface area contributed by atoms with E-state index in [1.54, 1.807) is 18.1 Å². The summed E-state index contributed by atoms with van der Waals surface area (Å²) in [5.74, 6) is 0. The van der Waals surface area contributed by atoms with Crippen molar-refractivity contribution in [2.45, 2.75) is 43.6 Å². The minimum absolute atomic E-state index is 0.105. The molecule has 1 aliphatic heterocycles. The van der Waals surface area contributed by atoms with Crippen molar-refractivity contribution in [1.29, 1.82) is 0 Å². The third kappa shape index (κ3) is 3.74. The molecule has 0 unspecified atom stereocenters. The van der Waals surface area contributed by atoms with Crippen LogP contribution in [0.1, 0.15) is 13.3 Å². The lowest BCUT2D eigenvalue weighted by atomic mass is 10.6. The average Bonchev–Trinajstić information content (AvgIpc) is 1.94. The van der Waals surface area contributed by atoms with Gasteiger partial charge in [0.05, 0.1) is 0 Å². The third-order valence-corrected chi connectivity index (χ3v) is 13.1. The molecule has 11 heavy (non-hydrogen) atoms. The van der Waals surface area contributed by atoms with Crippen molar-refractivity contribution in [3.05, 3.63) is 0 Å². The third-order valence-electron chi connectivity index (χ3n) is 2.29. The van der Waals surface area contributed by atoms with E-state index in [1.807, 2.05) is 0 Å². The van der Waals surface area contributed by atoms with Crippen LogP contribution in [-0.2, 0) is 0 Å². The molecule has 0 spiro atoms. The SMILES string of the molecule is CCC[Si]1CC[Si](Br)(Br)CC1. The molecular formula is C7H15Br2Si2. The lowest BCUT2D eigenvalue weighted by molar-refractivity contribution is 1.03. The van der Waals surface area contributed by atoms with Crippen LogP contribution in [0.4, 0.5) is 0 Å². The van der Waals surface area contributed by atoms with E-state index >= 15 is 0 Å². The molecule has 0 bridgehead atoms. The Balaban J connectivity index is 2.25. The molecule has 0 atom stereocenters. The van der Waals surface area contributed by atoms with E-state index in [4.69, 9.17) is 0 Å². The van der Waals surface area contributed by atoms with Crippen LogP contribution in [0.25, 0.3) is 0 Å². The zero-order valence-electron chi connectivity index (χ0n) is 7.00. The smallest absolute Gasteiger partial charge is 0.111 e. The molecule has 0 aromatic carbocycles. The second-order valence-corrected chi connectivity index (χ2v) is 21.4. The predicted octanol–water partition coefficient (Wildman–Crippen LogP) is 4.14. The summed E-state index contributed by atoms with van der Waals surface area (Å²) in [7, 11) is 0.105. The largest absolute Gasteiger partial charge is 0.200 e. The van der Waals surface area contributed by atoms with E-state index < -0.39 is 5.31 Å². The van der Waals surface area contributed by atoms with Gasteiger partial charge in [0.1, 0.15) is 0 Å². The van der Waals surface area contributed by atoms with Gasteiger partial charge in [-0.25, -0.2) is 0 Å². The van der Waals surface area contributed by atoms with Crippen LogP contribution < -0.4 is 0 Å². The van der Waals surface area contributed by atoms with Gasteiger partial charge in [-0.2, -0.15) is 0 Å². The van der Waals surface area contributed by atoms with Gasteiger partial charge < -0.3 is 0 Å². The van der Waals surface area contributed by atoms with E-state index in [0.29, 0.717) is 0 Å². The first-order valence-electron chi connectivity index (χ1n) is 4.35. The van der Waals surface area contributed by atoms with Gasteiger partial charge in [-0.1, -0.05) is 31.5 Å². The first-order chi connectivity index (χ1) is 5.14. The summed E-state index contributed by atoms with van der Waals surface area (Å²) in [6.07, 6.45) is 1.41. The molecule has 0 amide bonds. The van der Waals surface area contributed by atoms with E-state index in [9.17, 15) is 0 Å². The highest BCUT2D eigenvalue weighted by Crippen LogP contribution is 2.39. The zero-order valence-corrected chi connectivity index (χ0v) is 12.2. The number of hydrogen-bond acceptors (Lipinski definition) is 0. The molecule has 1 heterocycles. The van der Waals surface area contributed by atoms with Crippen LogP contribution in [0.3, 0.4) is 0 Å². The molecule has 4 heteroatoms. The van der Waals surface area contributed by atoms with Crippen molar-refractivity contribution >= 4 is 44.7 Å². The van der Waals surface area contributed by atoms with Crippen LogP contribution in [-0.4, -0.2) is 14.1 Å². The molecule has 1 saturated heterocycles. The van der Waals surface area contributed by atoms with Crippen molar-refractivity contribution in [1.82, 2.24) is 0 Å². The Morgan fingerprint density at radius 1 is 1.27 bits per heavy atom. The van der Waals surface area contributed by atoms with Gasteiger partial charge in [-0.15, -0.1) is 30.6 Å². The second kappa shape index (κ2) is 4.58. The van der Waals surface area contributed by atoms with E-state index in [2.05, 4.69) is 37.5 Å². The standard InChI is InChI=1S/C7H15Br2Si2/c1-2-3-10-4-6-11(8,9)7-5-10/h2-7H2,1H3. The molecule has 65 valence electrons. The first kappa shape index (κ1) is 10.5. The Morgan fingerprint density at radius 3 is 2.27 bits per heavy atom. The monoisotopic (exact) mass is 313 g/mol. The molecule has 0 N–H and O–H groups in total. The maximum Gasteiger partial charge on any atom is 0.200 e. The van der Waals surface area contributed by atoms with E-state index in [0.717, 1.165) is 0 Å². The van der Waals surface area contributed by atoms with Crippen molar-refractivity contribution in [2.75, 3.05) is 0 Å². The van der Waals surface area contributed by atoms with Crippen molar-refractivity contribution in [2.24, 2.45) is 0 Å². The maximum absolute atomic E-state index is 3.84. The number of halogens is 2. The normalized spacial score (nSPS) is 25.4. The average molecular weight is 315 g/mol. The lowest BCUT2D eigenvalue weighted by Crippen LogP contribution is -2.29. The highest BCUT2D eigenvalue weighted by atomic mass is 79.9. The molecule has 1 rings (SSSR count). The summed E-state index contributed by atoms with van der Waals surface area (Å²) in [6.45, 7) is 2.32. The zero-order chi connectivity index (χ0) is 8.32. The molecule has 1 radical (unpaired) electrons. The summed E-state index contributed by atoms with van der Waals surface area (Å²) in [5, 5.41) is -1.01. The van der Waals surface area contributed by atoms with Crippen molar-refractivity contribution in [3.8, 4) is 0 Å². The lowest BCUT2D eigenvalue weighted by Gasteiger charge is -2.28. The van der Waals surface area contributed by atoms with Crippen LogP contribution in [0.5, 0.6) is 0 Å². The molecular weight excluding hydrogens is 300 g/mol. The fourth-order valence-electron chi connectivity index (χ4n) is 1.57. The fraction of sp³-hybridized carbons (Fsp3) is 1.00. The van der Waals surface area contributed by atoms with Gasteiger partial charge in [0, 0.05) is 8.80 Å². The number of rotatable bonds is 2. The summed E-state index contributed by atoms with van der Waals surface area (Å²) in [4.78, 5) is 0. The van der Waals surface area contributed by atoms with Gasteiger partial charge in [-0.05, 0) is 12.1 Å². The van der Waals surface area contributed by atoms with Gasteiger partial charge in [-0.3, -0.25) is 0 Å². The predicted molar refractivity (Wildman–Crippen MR) is 63.7 cm³/mol. The maximum atomic E-state index is 3.84. The quantitative estimate of drug-likeness (QED) is 0.531. The fourth-order valence-corrected chi connectivity index (χ4v) is 16.2. The molecule has 0 nitrogen and oxygen atoms in total. The van der Waals surface area contributed by atoms with Crippen LogP contribution in [0.15, 0.2) is 0 Å². The Hall–Kier alpha value is 1.39. The van der Waals surface area contributed by atoms with Crippen LogP contribution in [0.2, 0.25) is 30.2 Å². The van der Waals surface area contributed by atoms with Gasteiger partial charge in [0.25, 0.3) is 0 Å². The summed E-state index contributed by atoms with van der Waals surface area (Å²) in [5.41, 5.74) is 0. The second-order valence-electron chi connectivity index (χ2n) is 3.36. The Labute approximate surface area is 87.9 Å². The molecule has 0 saturated carbocycles. The first-order valence-corrected chi connectivity index (χ1v) is 13.4. The topological polar surface area (TPSA) is 0 Å². The molecule has 0 aliphatic carbocycles. The Kier molecular flexibility index (Phi) is 4.36. The Morgan fingerprint density at radius 2 is 1.82 bits per heavy atom. The minimum Gasteiger partial charge on any atom is -0.111 e. The molecule has 1 fully saturated rings. The van der Waals surface area contributed by atoms with E-state index in [-0.39, 0.29) is 8.80 Å². The van der Waals surface area contributed by atoms with Crippen LogP contribution >= 0.6 is 30.6 Å². The van der Waals surface area contributed by atoms with E-state index in [1.165, 1.54) is 18.5 Å². The van der Waals surface area contributed by atoms with Crippen LogP contribution in [0, 0.1) is 0 Å². The molecule has 0 aromatic heterocycles. The van der Waals surface area contributed by atoms with Gasteiger partial charge in [0.15, 0.2) is 0 Å². The highest BCUT2D eigenvalue weighted by molar-refractivity contribution is 9.51. The van der Waals surface area contributed by atoms with Crippen molar-refractivity contribution < 1.29 is 0 Å². The van der Waals surface area contributed by atoms with Gasteiger partial charge in [0.2, 0.25) is 5.31 Å². The molecule has 0 aromatic rings.